The van der Waals surface area contributed by atoms with E-state index < -0.39 is 0 Å². The minimum Gasteiger partial charge on any atom is -0.466 e. The zero-order valence-corrected chi connectivity index (χ0v) is 8.70. The predicted octanol–water partition coefficient (Wildman–Crippen LogP) is 0.663. The molecule has 5 nitrogen and oxygen atoms in total. The van der Waals surface area contributed by atoms with Crippen molar-refractivity contribution in [1.29, 1.82) is 0 Å². The molecule has 0 aromatic carbocycles. The molecule has 0 unspecified atom stereocenters. The fourth-order valence-electron chi connectivity index (χ4n) is 1.16. The number of hydrogen-bond acceptors (Lipinski definition) is 5. The van der Waals surface area contributed by atoms with Gasteiger partial charge < -0.3 is 14.2 Å². The lowest BCUT2D eigenvalue weighted by Gasteiger charge is -2.04. The molecule has 5 heteroatoms. The topological polar surface area (TPSA) is 61.8 Å². The van der Waals surface area contributed by atoms with Crippen LogP contribution in [0.1, 0.15) is 25.7 Å². The van der Waals surface area contributed by atoms with Gasteiger partial charge in [-0.1, -0.05) is 0 Å². The maximum Gasteiger partial charge on any atom is 0.306 e. The highest BCUT2D eigenvalue weighted by atomic mass is 16.6. The second kappa shape index (κ2) is 7.23. The first-order chi connectivity index (χ1) is 7.29. The van der Waals surface area contributed by atoms with Crippen LogP contribution in [-0.4, -0.2) is 38.4 Å². The average molecular weight is 216 g/mol. The molecule has 1 saturated heterocycles. The molecule has 0 N–H and O–H groups in total. The summed E-state index contributed by atoms with van der Waals surface area (Å²) in [4.78, 5) is 22.1. The van der Waals surface area contributed by atoms with Gasteiger partial charge in [-0.25, -0.2) is 0 Å². The Morgan fingerprint density at radius 2 is 1.33 bits per heavy atom. The van der Waals surface area contributed by atoms with E-state index in [1.54, 1.807) is 0 Å². The molecular formula is C10H16O5. The summed E-state index contributed by atoms with van der Waals surface area (Å²) in [6.45, 7) is 1.68. The van der Waals surface area contributed by atoms with Crippen molar-refractivity contribution in [2.75, 3.05) is 26.4 Å². The zero-order valence-electron chi connectivity index (χ0n) is 8.70. The van der Waals surface area contributed by atoms with Gasteiger partial charge in [-0.05, 0) is 12.8 Å². The van der Waals surface area contributed by atoms with Gasteiger partial charge in [0, 0.05) is 6.61 Å². The maximum absolute atomic E-state index is 11.1. The second-order valence-electron chi connectivity index (χ2n) is 3.26. The molecule has 0 aromatic heterocycles. The van der Waals surface area contributed by atoms with Crippen LogP contribution >= 0.6 is 0 Å². The molecule has 0 saturated carbocycles. The summed E-state index contributed by atoms with van der Waals surface area (Å²) in [6.07, 6.45) is 1.82. The highest BCUT2D eigenvalue weighted by Crippen LogP contribution is 1.99. The van der Waals surface area contributed by atoms with Gasteiger partial charge in [-0.15, -0.1) is 0 Å². The van der Waals surface area contributed by atoms with Crippen molar-refractivity contribution in [1.82, 2.24) is 0 Å². The minimum absolute atomic E-state index is 0.0822. The SMILES string of the molecule is O=C1CCC(=O)OCCOCCCCO1. The number of cyclic esters (lactones) is 2. The highest BCUT2D eigenvalue weighted by molar-refractivity contribution is 5.77. The summed E-state index contributed by atoms with van der Waals surface area (Å²) in [5.74, 6) is -0.720. The molecule has 0 amide bonds. The quantitative estimate of drug-likeness (QED) is 0.557. The lowest BCUT2D eigenvalue weighted by Crippen LogP contribution is -2.12. The molecule has 0 radical (unpaired) electrons. The van der Waals surface area contributed by atoms with E-state index >= 15 is 0 Å². The van der Waals surface area contributed by atoms with Crippen molar-refractivity contribution in [3.63, 3.8) is 0 Å². The van der Waals surface area contributed by atoms with Crippen LogP contribution in [0.3, 0.4) is 0 Å². The molecule has 0 aliphatic carbocycles. The smallest absolute Gasteiger partial charge is 0.306 e. The highest BCUT2D eigenvalue weighted by Gasteiger charge is 2.09. The summed E-state index contributed by atoms with van der Waals surface area (Å²) in [6, 6.07) is 0. The molecule has 0 bridgehead atoms. The van der Waals surface area contributed by atoms with E-state index in [2.05, 4.69) is 0 Å². The van der Waals surface area contributed by atoms with Crippen molar-refractivity contribution < 1.29 is 23.8 Å². The van der Waals surface area contributed by atoms with Gasteiger partial charge in [0.25, 0.3) is 0 Å². The first-order valence-corrected chi connectivity index (χ1v) is 5.18. The molecule has 1 rings (SSSR count). The van der Waals surface area contributed by atoms with Crippen LogP contribution in [0.4, 0.5) is 0 Å². The largest absolute Gasteiger partial charge is 0.466 e. The Morgan fingerprint density at radius 3 is 2.07 bits per heavy atom. The average Bonchev–Trinajstić information content (AvgIpc) is 2.24. The van der Waals surface area contributed by atoms with Gasteiger partial charge in [-0.2, -0.15) is 0 Å². The van der Waals surface area contributed by atoms with Crippen LogP contribution in [0.5, 0.6) is 0 Å². The molecule has 1 aliphatic rings. The Hall–Kier alpha value is -1.10. The van der Waals surface area contributed by atoms with E-state index in [1.807, 2.05) is 0 Å². The Morgan fingerprint density at radius 1 is 0.733 bits per heavy atom. The number of carbonyl (C=O) groups excluding carboxylic acids is 2. The van der Waals surface area contributed by atoms with Crippen LogP contribution in [0.25, 0.3) is 0 Å². The third-order valence-corrected chi connectivity index (χ3v) is 1.97. The molecule has 15 heavy (non-hydrogen) atoms. The molecular weight excluding hydrogens is 200 g/mol. The molecule has 0 spiro atoms. The summed E-state index contributed by atoms with van der Waals surface area (Å²) in [5, 5.41) is 0. The number of carbonyl (C=O) groups is 2. The van der Waals surface area contributed by atoms with Crippen LogP contribution in [-0.2, 0) is 23.8 Å². The maximum atomic E-state index is 11.1. The fraction of sp³-hybridized carbons (Fsp3) is 0.800. The van der Waals surface area contributed by atoms with Gasteiger partial charge in [-0.3, -0.25) is 9.59 Å². The number of rotatable bonds is 0. The zero-order chi connectivity index (χ0) is 10.9. The molecule has 0 aromatic rings. The molecule has 1 fully saturated rings. The van der Waals surface area contributed by atoms with Crippen LogP contribution < -0.4 is 0 Å². The van der Waals surface area contributed by atoms with Crippen LogP contribution in [0.15, 0.2) is 0 Å². The number of hydrogen-bond donors (Lipinski definition) is 0. The lowest BCUT2D eigenvalue weighted by molar-refractivity contribution is -0.150. The molecule has 0 atom stereocenters. The van der Waals surface area contributed by atoms with E-state index in [-0.39, 0.29) is 31.4 Å². The van der Waals surface area contributed by atoms with E-state index in [4.69, 9.17) is 14.2 Å². The van der Waals surface area contributed by atoms with Crippen molar-refractivity contribution >= 4 is 11.9 Å². The monoisotopic (exact) mass is 216 g/mol. The lowest BCUT2D eigenvalue weighted by atomic mass is 10.3. The summed E-state index contributed by atoms with van der Waals surface area (Å²) in [7, 11) is 0. The third kappa shape index (κ3) is 6.06. The Kier molecular flexibility index (Phi) is 5.77. The fourth-order valence-corrected chi connectivity index (χ4v) is 1.16. The second-order valence-corrected chi connectivity index (χ2v) is 3.26. The molecule has 86 valence electrons. The Bertz CT molecular complexity index is 192. The normalized spacial score (nSPS) is 21.6. The summed E-state index contributed by atoms with van der Waals surface area (Å²) < 4.78 is 14.9. The van der Waals surface area contributed by atoms with Crippen molar-refractivity contribution in [3.8, 4) is 0 Å². The van der Waals surface area contributed by atoms with Gasteiger partial charge in [0.15, 0.2) is 0 Å². The summed E-state index contributed by atoms with van der Waals surface area (Å²) in [5.41, 5.74) is 0. The van der Waals surface area contributed by atoms with Gasteiger partial charge in [0.05, 0.1) is 26.1 Å². The minimum atomic E-state index is -0.380. The van der Waals surface area contributed by atoms with E-state index in [0.717, 1.165) is 12.8 Å². The van der Waals surface area contributed by atoms with Gasteiger partial charge in [0.1, 0.15) is 6.61 Å². The van der Waals surface area contributed by atoms with Crippen LogP contribution in [0, 0.1) is 0 Å². The first-order valence-electron chi connectivity index (χ1n) is 5.18. The Balaban J connectivity index is 2.28. The predicted molar refractivity (Wildman–Crippen MR) is 51.2 cm³/mol. The van der Waals surface area contributed by atoms with E-state index in [9.17, 15) is 9.59 Å². The summed E-state index contributed by atoms with van der Waals surface area (Å²) >= 11 is 0. The first kappa shape index (κ1) is 12.0. The van der Waals surface area contributed by atoms with Gasteiger partial charge in [0.2, 0.25) is 0 Å². The third-order valence-electron chi connectivity index (χ3n) is 1.97. The molecule has 1 aliphatic heterocycles. The van der Waals surface area contributed by atoms with Crippen molar-refractivity contribution in [2.45, 2.75) is 25.7 Å². The number of esters is 2. The number of ether oxygens (including phenoxy) is 3. The van der Waals surface area contributed by atoms with Gasteiger partial charge >= 0.3 is 11.9 Å². The molecule has 1 heterocycles. The standard InChI is InChI=1S/C10H16O5/c11-9-3-4-10(12)15-8-7-13-5-1-2-6-14-9/h1-8H2. The van der Waals surface area contributed by atoms with E-state index in [0.29, 0.717) is 19.8 Å². The van der Waals surface area contributed by atoms with Crippen molar-refractivity contribution in [2.24, 2.45) is 0 Å². The van der Waals surface area contributed by atoms with Crippen LogP contribution in [0.2, 0.25) is 0 Å². The Labute approximate surface area is 88.7 Å². The van der Waals surface area contributed by atoms with E-state index in [1.165, 1.54) is 0 Å². The van der Waals surface area contributed by atoms with Crippen molar-refractivity contribution in [3.05, 3.63) is 0 Å².